The second-order valence-corrected chi connectivity index (χ2v) is 7.29. The second kappa shape index (κ2) is 8.69. The number of aromatic nitrogens is 3. The van der Waals surface area contributed by atoms with Crippen LogP contribution in [-0.2, 0) is 17.9 Å². The maximum atomic E-state index is 12.4. The third kappa shape index (κ3) is 4.60. The van der Waals surface area contributed by atoms with Crippen molar-refractivity contribution in [2.24, 2.45) is 0 Å². The lowest BCUT2D eigenvalue weighted by Crippen LogP contribution is -2.35. The van der Waals surface area contributed by atoms with Gasteiger partial charge in [-0.05, 0) is 19.1 Å². The third-order valence-electron chi connectivity index (χ3n) is 4.95. The highest BCUT2D eigenvalue weighted by atomic mass is 16.1. The molecule has 0 aliphatic rings. The Balaban J connectivity index is 1.33. The number of rotatable bonds is 7. The molecule has 4 rings (SSSR count). The van der Waals surface area contributed by atoms with Gasteiger partial charge in [-0.15, -0.1) is 0 Å². The lowest BCUT2D eigenvalue weighted by Gasteiger charge is -2.07. The van der Waals surface area contributed by atoms with E-state index in [-0.39, 0.29) is 18.2 Å². The zero-order valence-corrected chi connectivity index (χ0v) is 16.8. The van der Waals surface area contributed by atoms with Crippen LogP contribution in [0.2, 0.25) is 0 Å². The first-order chi connectivity index (χ1) is 14.6. The number of benzene rings is 2. The number of carbonyl (C=O) groups excluding carboxylic acids is 2. The van der Waals surface area contributed by atoms with Crippen molar-refractivity contribution >= 4 is 28.3 Å². The van der Waals surface area contributed by atoms with Crippen molar-refractivity contribution in [1.82, 2.24) is 9.55 Å². The molecule has 0 atom stereocenters. The summed E-state index contributed by atoms with van der Waals surface area (Å²) in [4.78, 5) is 29.2. The Labute approximate surface area is 174 Å². The predicted molar refractivity (Wildman–Crippen MR) is 115 cm³/mol. The van der Waals surface area contributed by atoms with E-state index in [0.29, 0.717) is 24.2 Å². The average Bonchev–Trinajstić information content (AvgIpc) is 3.20. The lowest BCUT2D eigenvalue weighted by atomic mass is 10.1. The molecule has 0 aliphatic heterocycles. The summed E-state index contributed by atoms with van der Waals surface area (Å²) in [6, 6.07) is 17.1. The van der Waals surface area contributed by atoms with Crippen LogP contribution in [0.4, 0.5) is 5.69 Å². The maximum Gasteiger partial charge on any atom is 0.244 e. The quantitative estimate of drug-likeness (QED) is 0.382. The molecule has 6 nitrogen and oxygen atoms in total. The Hall–Kier alpha value is -3.80. The number of fused-ring (bicyclic) bond motifs is 1. The van der Waals surface area contributed by atoms with Crippen LogP contribution in [-0.4, -0.2) is 21.2 Å². The molecule has 1 N–H and O–H groups in total. The number of Topliss-reactive ketones (excluding diaryl/α,β-unsaturated/α-hetero) is 1. The fraction of sp³-hybridized carbons (Fsp3) is 0.167. The SMILES string of the molecule is Cc1ccc(C(=O)C[n+]2ccn(CCC(=O)Nc3cccc4cccnc34)c2)cc1. The molecule has 0 saturated heterocycles. The number of para-hydroxylation sites is 1. The highest BCUT2D eigenvalue weighted by Crippen LogP contribution is 2.20. The van der Waals surface area contributed by atoms with E-state index >= 15 is 0 Å². The van der Waals surface area contributed by atoms with E-state index in [0.717, 1.165) is 16.5 Å². The van der Waals surface area contributed by atoms with Gasteiger partial charge in [0.1, 0.15) is 12.4 Å². The van der Waals surface area contributed by atoms with Gasteiger partial charge in [0.05, 0.1) is 24.2 Å². The van der Waals surface area contributed by atoms with E-state index in [2.05, 4.69) is 10.3 Å². The van der Waals surface area contributed by atoms with E-state index in [1.807, 2.05) is 89.4 Å². The van der Waals surface area contributed by atoms with Crippen LogP contribution >= 0.6 is 0 Å². The minimum absolute atomic E-state index is 0.0546. The van der Waals surface area contributed by atoms with Gasteiger partial charge in [-0.1, -0.05) is 48.0 Å². The molecule has 0 radical (unpaired) electrons. The monoisotopic (exact) mass is 399 g/mol. The second-order valence-electron chi connectivity index (χ2n) is 7.29. The Morgan fingerprint density at radius 3 is 2.70 bits per heavy atom. The van der Waals surface area contributed by atoms with Crippen molar-refractivity contribution in [3.05, 3.63) is 90.6 Å². The fourth-order valence-electron chi connectivity index (χ4n) is 3.31. The van der Waals surface area contributed by atoms with Crippen LogP contribution in [0.3, 0.4) is 0 Å². The number of amides is 1. The molecular weight excluding hydrogens is 376 g/mol. The zero-order valence-electron chi connectivity index (χ0n) is 16.8. The minimum Gasteiger partial charge on any atom is -0.324 e. The molecule has 30 heavy (non-hydrogen) atoms. The third-order valence-corrected chi connectivity index (χ3v) is 4.95. The van der Waals surface area contributed by atoms with Gasteiger partial charge in [-0.3, -0.25) is 14.6 Å². The molecule has 0 bridgehead atoms. The van der Waals surface area contributed by atoms with E-state index < -0.39 is 0 Å². The standard InChI is InChI=1S/C24H22N4O2/c1-18-7-9-19(10-8-18)22(29)16-28-15-14-27(17-28)13-11-23(30)26-21-6-2-4-20-5-3-12-25-24(20)21/h2-10,12,14-15,17H,11,13,16H2,1H3/p+1. The van der Waals surface area contributed by atoms with Gasteiger partial charge >= 0.3 is 0 Å². The summed E-state index contributed by atoms with van der Waals surface area (Å²) in [5.74, 6) is -0.0249. The molecule has 0 spiro atoms. The topological polar surface area (TPSA) is 67.9 Å². The lowest BCUT2D eigenvalue weighted by molar-refractivity contribution is -0.682. The summed E-state index contributed by atoms with van der Waals surface area (Å²) in [7, 11) is 0. The highest BCUT2D eigenvalue weighted by molar-refractivity contribution is 6.00. The van der Waals surface area contributed by atoms with Gasteiger partial charge < -0.3 is 5.32 Å². The molecule has 0 aliphatic carbocycles. The van der Waals surface area contributed by atoms with Crippen molar-refractivity contribution < 1.29 is 14.2 Å². The number of carbonyl (C=O) groups is 2. The number of anilines is 1. The molecular formula is C24H23N4O2+. The van der Waals surface area contributed by atoms with Crippen LogP contribution in [0.15, 0.2) is 79.5 Å². The van der Waals surface area contributed by atoms with Crippen LogP contribution in [0, 0.1) is 6.92 Å². The number of nitrogens with one attached hydrogen (secondary N) is 1. The average molecular weight is 399 g/mol. The minimum atomic E-state index is -0.0795. The summed E-state index contributed by atoms with van der Waals surface area (Å²) in [5, 5.41) is 3.93. The predicted octanol–water partition coefficient (Wildman–Crippen LogP) is 3.54. The molecule has 0 saturated carbocycles. The normalized spacial score (nSPS) is 10.8. The van der Waals surface area contributed by atoms with Crippen molar-refractivity contribution in [3.63, 3.8) is 0 Å². The van der Waals surface area contributed by atoms with Crippen LogP contribution in [0.5, 0.6) is 0 Å². The Morgan fingerprint density at radius 2 is 1.87 bits per heavy atom. The smallest absolute Gasteiger partial charge is 0.244 e. The number of imidazole rings is 1. The molecule has 2 aromatic heterocycles. The first-order valence-electron chi connectivity index (χ1n) is 9.87. The summed E-state index contributed by atoms with van der Waals surface area (Å²) in [6.07, 6.45) is 7.60. The molecule has 1 amide bonds. The number of hydrogen-bond donors (Lipinski definition) is 1. The van der Waals surface area contributed by atoms with Gasteiger partial charge in [-0.25, -0.2) is 9.13 Å². The van der Waals surface area contributed by atoms with Gasteiger partial charge in [-0.2, -0.15) is 0 Å². The highest BCUT2D eigenvalue weighted by Gasteiger charge is 2.13. The Kier molecular flexibility index (Phi) is 5.66. The van der Waals surface area contributed by atoms with Crippen LogP contribution in [0.1, 0.15) is 22.3 Å². The number of hydrogen-bond acceptors (Lipinski definition) is 3. The van der Waals surface area contributed by atoms with Crippen molar-refractivity contribution in [1.29, 1.82) is 0 Å². The summed E-state index contributed by atoms with van der Waals surface area (Å²) in [6.45, 7) is 2.79. The molecule has 4 aromatic rings. The van der Waals surface area contributed by atoms with Gasteiger partial charge in [0.25, 0.3) is 0 Å². The summed E-state index contributed by atoms with van der Waals surface area (Å²) < 4.78 is 3.73. The van der Waals surface area contributed by atoms with Gasteiger partial charge in [0, 0.05) is 17.1 Å². The molecule has 6 heteroatoms. The van der Waals surface area contributed by atoms with E-state index in [9.17, 15) is 9.59 Å². The molecule has 2 aromatic carbocycles. The van der Waals surface area contributed by atoms with Crippen molar-refractivity contribution in [2.45, 2.75) is 26.4 Å². The van der Waals surface area contributed by atoms with E-state index in [1.165, 1.54) is 0 Å². The zero-order chi connectivity index (χ0) is 20.9. The number of aryl methyl sites for hydroxylation is 2. The number of pyridine rings is 1. The molecule has 0 fully saturated rings. The Morgan fingerprint density at radius 1 is 1.07 bits per heavy atom. The molecule has 150 valence electrons. The molecule has 0 unspecified atom stereocenters. The van der Waals surface area contributed by atoms with E-state index in [1.54, 1.807) is 6.20 Å². The van der Waals surface area contributed by atoms with Crippen LogP contribution in [0.25, 0.3) is 10.9 Å². The summed E-state index contributed by atoms with van der Waals surface area (Å²) in [5.41, 5.74) is 3.32. The fourth-order valence-corrected chi connectivity index (χ4v) is 3.31. The van der Waals surface area contributed by atoms with Crippen LogP contribution < -0.4 is 9.88 Å². The maximum absolute atomic E-state index is 12.4. The number of nitrogens with zero attached hydrogens (tertiary/aromatic N) is 3. The molecule has 2 heterocycles. The number of ketones is 1. The largest absolute Gasteiger partial charge is 0.324 e. The first kappa shape index (κ1) is 19.5. The van der Waals surface area contributed by atoms with Gasteiger partial charge in [0.2, 0.25) is 18.0 Å². The first-order valence-corrected chi connectivity index (χ1v) is 9.87. The van der Waals surface area contributed by atoms with Gasteiger partial charge in [0.15, 0.2) is 6.54 Å². The summed E-state index contributed by atoms with van der Waals surface area (Å²) >= 11 is 0. The Bertz CT molecular complexity index is 1190. The van der Waals surface area contributed by atoms with E-state index in [4.69, 9.17) is 0 Å². The van der Waals surface area contributed by atoms with Crippen molar-refractivity contribution in [3.8, 4) is 0 Å². The van der Waals surface area contributed by atoms with Crippen molar-refractivity contribution in [2.75, 3.05) is 5.32 Å².